The molecule has 1 aromatic carbocycles. The van der Waals surface area contributed by atoms with Crippen LogP contribution < -0.4 is 0 Å². The number of ether oxygens (including phenoxy) is 1. The zero-order valence-electron chi connectivity index (χ0n) is 10.4. The highest BCUT2D eigenvalue weighted by atomic mass is 16.5. The van der Waals surface area contributed by atoms with E-state index in [1.54, 1.807) is 7.11 Å². The second-order valence-electron chi connectivity index (χ2n) is 4.66. The summed E-state index contributed by atoms with van der Waals surface area (Å²) in [4.78, 5) is 0. The lowest BCUT2D eigenvalue weighted by molar-refractivity contribution is -0.0833. The van der Waals surface area contributed by atoms with Crippen LogP contribution >= 0.6 is 0 Å². The van der Waals surface area contributed by atoms with Crippen molar-refractivity contribution in [3.8, 4) is 0 Å². The highest BCUT2D eigenvalue weighted by Crippen LogP contribution is 2.33. The molecule has 3 nitrogen and oxygen atoms in total. The molecule has 1 unspecified atom stereocenters. The molecule has 1 heterocycles. The molecule has 2 aromatic rings. The van der Waals surface area contributed by atoms with Gasteiger partial charge in [0, 0.05) is 12.5 Å². The van der Waals surface area contributed by atoms with Gasteiger partial charge < -0.3 is 14.3 Å². The van der Waals surface area contributed by atoms with Gasteiger partial charge in [-0.2, -0.15) is 0 Å². The fourth-order valence-electron chi connectivity index (χ4n) is 1.94. The van der Waals surface area contributed by atoms with E-state index in [9.17, 15) is 5.11 Å². The van der Waals surface area contributed by atoms with E-state index in [0.717, 1.165) is 11.0 Å². The lowest BCUT2D eigenvalue weighted by Crippen LogP contribution is -2.36. The molecule has 0 radical (unpaired) electrons. The number of benzene rings is 1. The molecular weight excluding hydrogens is 216 g/mol. The third kappa shape index (κ3) is 2.08. The van der Waals surface area contributed by atoms with Crippen molar-refractivity contribution >= 4 is 11.0 Å². The average molecular weight is 234 g/mol. The van der Waals surface area contributed by atoms with E-state index >= 15 is 0 Å². The van der Waals surface area contributed by atoms with Gasteiger partial charge in [0.05, 0.1) is 6.61 Å². The van der Waals surface area contributed by atoms with Crippen LogP contribution in [-0.4, -0.2) is 18.8 Å². The van der Waals surface area contributed by atoms with E-state index in [1.807, 2.05) is 44.2 Å². The van der Waals surface area contributed by atoms with Crippen LogP contribution in [0.25, 0.3) is 11.0 Å². The van der Waals surface area contributed by atoms with Crippen molar-refractivity contribution in [2.24, 2.45) is 5.92 Å². The first-order chi connectivity index (χ1) is 8.08. The molecule has 0 bridgehead atoms. The third-order valence-corrected chi connectivity index (χ3v) is 3.17. The standard InChI is InChI=1S/C14H18O3/c1-10(2)14(15,9-16-3)13-8-11-6-4-5-7-12(11)17-13/h4-8,10,15H,9H2,1-3H3. The van der Waals surface area contributed by atoms with Gasteiger partial charge in [-0.05, 0) is 18.1 Å². The zero-order valence-corrected chi connectivity index (χ0v) is 10.4. The van der Waals surface area contributed by atoms with E-state index in [2.05, 4.69) is 0 Å². The first kappa shape index (κ1) is 12.1. The van der Waals surface area contributed by atoms with Crippen molar-refractivity contribution in [2.75, 3.05) is 13.7 Å². The quantitative estimate of drug-likeness (QED) is 0.884. The molecule has 0 spiro atoms. The van der Waals surface area contributed by atoms with Crippen LogP contribution in [0.3, 0.4) is 0 Å². The fourth-order valence-corrected chi connectivity index (χ4v) is 1.94. The number of furan rings is 1. The lowest BCUT2D eigenvalue weighted by Gasteiger charge is -2.29. The summed E-state index contributed by atoms with van der Waals surface area (Å²) in [5.74, 6) is 0.582. The number of rotatable bonds is 4. The van der Waals surface area contributed by atoms with Gasteiger partial charge in [-0.25, -0.2) is 0 Å². The Labute approximate surface area is 101 Å². The highest BCUT2D eigenvalue weighted by molar-refractivity contribution is 5.77. The Kier molecular flexibility index (Phi) is 3.22. The first-order valence-electron chi connectivity index (χ1n) is 5.78. The lowest BCUT2D eigenvalue weighted by atomic mass is 9.88. The Balaban J connectivity index is 2.49. The normalized spacial score (nSPS) is 15.4. The van der Waals surface area contributed by atoms with Crippen LogP contribution in [0.15, 0.2) is 34.7 Å². The SMILES string of the molecule is COCC(O)(c1cc2ccccc2o1)C(C)C. The summed E-state index contributed by atoms with van der Waals surface area (Å²) in [7, 11) is 1.58. The highest BCUT2D eigenvalue weighted by Gasteiger charge is 2.36. The van der Waals surface area contributed by atoms with Gasteiger partial charge in [0.2, 0.25) is 0 Å². The minimum absolute atomic E-state index is 0.0167. The van der Waals surface area contributed by atoms with Crippen LogP contribution in [0.5, 0.6) is 0 Å². The molecule has 2 rings (SSSR count). The summed E-state index contributed by atoms with van der Waals surface area (Å²) in [5, 5.41) is 11.6. The molecule has 0 aliphatic heterocycles. The Morgan fingerprint density at radius 1 is 1.35 bits per heavy atom. The summed E-state index contributed by atoms with van der Waals surface area (Å²) < 4.78 is 10.8. The maximum Gasteiger partial charge on any atom is 0.147 e. The summed E-state index contributed by atoms with van der Waals surface area (Å²) in [5.41, 5.74) is -0.286. The molecule has 0 fully saturated rings. The van der Waals surface area contributed by atoms with Gasteiger partial charge in [0.25, 0.3) is 0 Å². The summed E-state index contributed by atoms with van der Waals surface area (Å²) in [6.07, 6.45) is 0. The Morgan fingerprint density at radius 2 is 2.06 bits per heavy atom. The molecule has 0 saturated carbocycles. The number of para-hydroxylation sites is 1. The number of aliphatic hydroxyl groups is 1. The van der Waals surface area contributed by atoms with E-state index < -0.39 is 5.60 Å². The van der Waals surface area contributed by atoms with Crippen molar-refractivity contribution in [3.63, 3.8) is 0 Å². The summed E-state index contributed by atoms with van der Waals surface area (Å²) in [6, 6.07) is 9.61. The van der Waals surface area contributed by atoms with Crippen molar-refractivity contribution in [3.05, 3.63) is 36.1 Å². The largest absolute Gasteiger partial charge is 0.458 e. The zero-order chi connectivity index (χ0) is 12.5. The van der Waals surface area contributed by atoms with E-state index in [1.165, 1.54) is 0 Å². The van der Waals surface area contributed by atoms with Gasteiger partial charge >= 0.3 is 0 Å². The van der Waals surface area contributed by atoms with Gasteiger partial charge in [-0.15, -0.1) is 0 Å². The van der Waals surface area contributed by atoms with Crippen LogP contribution in [0.1, 0.15) is 19.6 Å². The number of fused-ring (bicyclic) bond motifs is 1. The number of hydrogen-bond donors (Lipinski definition) is 1. The molecule has 17 heavy (non-hydrogen) atoms. The molecule has 1 aromatic heterocycles. The van der Waals surface area contributed by atoms with Crippen LogP contribution in [0.2, 0.25) is 0 Å². The number of methoxy groups -OCH3 is 1. The van der Waals surface area contributed by atoms with Crippen LogP contribution in [0.4, 0.5) is 0 Å². The van der Waals surface area contributed by atoms with Crippen LogP contribution in [0, 0.1) is 5.92 Å². The molecule has 0 saturated heterocycles. The molecule has 0 aliphatic carbocycles. The molecule has 0 aliphatic rings. The van der Waals surface area contributed by atoms with Gasteiger partial charge in [0.1, 0.15) is 16.9 Å². The Hall–Kier alpha value is -1.32. The summed E-state index contributed by atoms with van der Waals surface area (Å²) >= 11 is 0. The van der Waals surface area contributed by atoms with Crippen molar-refractivity contribution in [1.82, 2.24) is 0 Å². The molecule has 92 valence electrons. The maximum atomic E-state index is 10.6. The van der Waals surface area contributed by atoms with E-state index in [-0.39, 0.29) is 12.5 Å². The second-order valence-corrected chi connectivity index (χ2v) is 4.66. The molecular formula is C14H18O3. The molecule has 1 N–H and O–H groups in total. The van der Waals surface area contributed by atoms with Crippen molar-refractivity contribution in [2.45, 2.75) is 19.4 Å². The molecule has 3 heteroatoms. The Bertz CT molecular complexity index is 468. The first-order valence-corrected chi connectivity index (χ1v) is 5.78. The minimum atomic E-state index is -1.08. The van der Waals surface area contributed by atoms with E-state index in [4.69, 9.17) is 9.15 Å². The second kappa shape index (κ2) is 4.51. The van der Waals surface area contributed by atoms with E-state index in [0.29, 0.717) is 5.76 Å². The molecule has 1 atom stereocenters. The smallest absolute Gasteiger partial charge is 0.147 e. The van der Waals surface area contributed by atoms with Gasteiger partial charge in [-0.3, -0.25) is 0 Å². The predicted molar refractivity (Wildman–Crippen MR) is 66.8 cm³/mol. The molecule has 0 amide bonds. The van der Waals surface area contributed by atoms with Gasteiger partial charge in [0.15, 0.2) is 0 Å². The Morgan fingerprint density at radius 3 is 2.65 bits per heavy atom. The fraction of sp³-hybridized carbons (Fsp3) is 0.429. The van der Waals surface area contributed by atoms with Crippen molar-refractivity contribution < 1.29 is 14.3 Å². The summed E-state index contributed by atoms with van der Waals surface area (Å²) in [6.45, 7) is 4.13. The van der Waals surface area contributed by atoms with Crippen molar-refractivity contribution in [1.29, 1.82) is 0 Å². The minimum Gasteiger partial charge on any atom is -0.458 e. The van der Waals surface area contributed by atoms with Gasteiger partial charge in [-0.1, -0.05) is 32.0 Å². The average Bonchev–Trinajstić information content (AvgIpc) is 2.72. The monoisotopic (exact) mass is 234 g/mol. The number of hydrogen-bond acceptors (Lipinski definition) is 3. The third-order valence-electron chi connectivity index (χ3n) is 3.17. The predicted octanol–water partition coefficient (Wildman–Crippen LogP) is 2.92. The maximum absolute atomic E-state index is 10.6. The van der Waals surface area contributed by atoms with Crippen LogP contribution in [-0.2, 0) is 10.3 Å². The topological polar surface area (TPSA) is 42.6 Å².